The molecular formula is C15H17N3. The number of aromatic nitrogens is 2. The predicted molar refractivity (Wildman–Crippen MR) is 74.0 cm³/mol. The van der Waals surface area contributed by atoms with E-state index in [0.717, 1.165) is 29.7 Å². The molecule has 0 aliphatic rings. The van der Waals surface area contributed by atoms with Gasteiger partial charge in [-0.2, -0.15) is 0 Å². The summed E-state index contributed by atoms with van der Waals surface area (Å²) in [5.74, 6) is 6.02. The lowest BCUT2D eigenvalue weighted by atomic mass is 10.1. The largest absolute Gasteiger partial charge is 0.308 e. The molecule has 0 amide bonds. The van der Waals surface area contributed by atoms with Crippen LogP contribution in [-0.4, -0.2) is 16.5 Å². The maximum Gasteiger partial charge on any atom is 0.0890 e. The van der Waals surface area contributed by atoms with Crippen LogP contribution in [0.5, 0.6) is 0 Å². The average molecular weight is 239 g/mol. The van der Waals surface area contributed by atoms with Gasteiger partial charge in [-0.25, -0.2) is 4.98 Å². The Bertz CT molecular complexity index is 581. The first kappa shape index (κ1) is 12.5. The van der Waals surface area contributed by atoms with Crippen molar-refractivity contribution in [1.29, 1.82) is 0 Å². The lowest BCUT2D eigenvalue weighted by Crippen LogP contribution is -2.21. The summed E-state index contributed by atoms with van der Waals surface area (Å²) >= 11 is 0. The van der Waals surface area contributed by atoms with Gasteiger partial charge in [0.25, 0.3) is 0 Å². The van der Waals surface area contributed by atoms with E-state index in [-0.39, 0.29) is 6.04 Å². The highest BCUT2D eigenvalue weighted by atomic mass is 14.9. The van der Waals surface area contributed by atoms with Crippen molar-refractivity contribution in [3.8, 4) is 11.8 Å². The average Bonchev–Trinajstić information content (AvgIpc) is 2.43. The van der Waals surface area contributed by atoms with Gasteiger partial charge in [0.05, 0.1) is 29.0 Å². The highest BCUT2D eigenvalue weighted by Gasteiger charge is 2.11. The zero-order valence-electron chi connectivity index (χ0n) is 10.8. The molecule has 1 aromatic heterocycles. The Kier molecular flexibility index (Phi) is 4.27. The number of hydrogen-bond acceptors (Lipinski definition) is 3. The molecule has 1 atom stereocenters. The van der Waals surface area contributed by atoms with Gasteiger partial charge in [0, 0.05) is 6.42 Å². The minimum Gasteiger partial charge on any atom is -0.308 e. The van der Waals surface area contributed by atoms with Crippen LogP contribution in [0.4, 0.5) is 0 Å². The van der Waals surface area contributed by atoms with Crippen LogP contribution in [0.25, 0.3) is 11.0 Å². The molecule has 92 valence electrons. The minimum absolute atomic E-state index is 0.152. The summed E-state index contributed by atoms with van der Waals surface area (Å²) in [6, 6.07) is 8.07. The van der Waals surface area contributed by atoms with E-state index in [0.29, 0.717) is 0 Å². The number of benzene rings is 1. The lowest BCUT2D eigenvalue weighted by molar-refractivity contribution is 0.551. The Hall–Kier alpha value is -1.92. The van der Waals surface area contributed by atoms with Crippen molar-refractivity contribution in [1.82, 2.24) is 15.3 Å². The van der Waals surface area contributed by atoms with Crippen molar-refractivity contribution >= 4 is 11.0 Å². The van der Waals surface area contributed by atoms with E-state index in [9.17, 15) is 0 Å². The molecule has 0 saturated heterocycles. The molecular weight excluding hydrogens is 222 g/mol. The Morgan fingerprint density at radius 3 is 2.78 bits per heavy atom. The molecule has 3 heteroatoms. The van der Waals surface area contributed by atoms with Crippen LogP contribution in [0, 0.1) is 11.8 Å². The summed E-state index contributed by atoms with van der Waals surface area (Å²) in [6.07, 6.45) is 2.60. The van der Waals surface area contributed by atoms with Gasteiger partial charge in [0.15, 0.2) is 0 Å². The van der Waals surface area contributed by atoms with Crippen molar-refractivity contribution < 1.29 is 0 Å². The predicted octanol–water partition coefficient (Wildman–Crippen LogP) is 2.69. The summed E-state index contributed by atoms with van der Waals surface area (Å²) in [5.41, 5.74) is 2.82. The van der Waals surface area contributed by atoms with Crippen LogP contribution >= 0.6 is 0 Å². The number of nitrogens with one attached hydrogen (secondary N) is 1. The second-order valence-electron chi connectivity index (χ2n) is 4.02. The maximum absolute atomic E-state index is 4.65. The van der Waals surface area contributed by atoms with E-state index < -0.39 is 0 Å². The third-order valence-corrected chi connectivity index (χ3v) is 2.76. The summed E-state index contributed by atoms with van der Waals surface area (Å²) in [4.78, 5) is 9.10. The van der Waals surface area contributed by atoms with Crippen molar-refractivity contribution in [2.75, 3.05) is 6.54 Å². The Labute approximate surface area is 108 Å². The Morgan fingerprint density at radius 1 is 1.28 bits per heavy atom. The van der Waals surface area contributed by atoms with E-state index in [1.807, 2.05) is 37.4 Å². The minimum atomic E-state index is 0.152. The molecule has 0 radical (unpaired) electrons. The summed E-state index contributed by atoms with van der Waals surface area (Å²) in [5, 5.41) is 3.39. The lowest BCUT2D eigenvalue weighted by Gasteiger charge is -2.14. The van der Waals surface area contributed by atoms with Gasteiger partial charge in [-0.15, -0.1) is 11.8 Å². The Balaban J connectivity index is 2.33. The normalized spacial score (nSPS) is 11.9. The van der Waals surface area contributed by atoms with Crippen LogP contribution < -0.4 is 5.32 Å². The molecule has 1 heterocycles. The smallest absolute Gasteiger partial charge is 0.0890 e. The third kappa shape index (κ3) is 2.85. The van der Waals surface area contributed by atoms with Crippen LogP contribution in [0.15, 0.2) is 30.5 Å². The fraction of sp³-hybridized carbons (Fsp3) is 0.333. The Morgan fingerprint density at radius 2 is 2.06 bits per heavy atom. The van der Waals surface area contributed by atoms with Crippen molar-refractivity contribution in [2.45, 2.75) is 26.3 Å². The second-order valence-corrected chi connectivity index (χ2v) is 4.02. The first-order valence-electron chi connectivity index (χ1n) is 6.19. The molecule has 3 nitrogen and oxygen atoms in total. The molecule has 0 bridgehead atoms. The van der Waals surface area contributed by atoms with Crippen LogP contribution in [0.3, 0.4) is 0 Å². The highest BCUT2D eigenvalue weighted by Crippen LogP contribution is 2.16. The standard InChI is InChI=1S/C15H17N3/c1-3-5-8-13(16-4-2)15-11-17-12-9-6-7-10-14(12)18-15/h6-7,9-11,13,16H,4,8H2,1-2H3. The summed E-state index contributed by atoms with van der Waals surface area (Å²) in [7, 11) is 0. The van der Waals surface area contributed by atoms with Gasteiger partial charge in [0.2, 0.25) is 0 Å². The van der Waals surface area contributed by atoms with E-state index in [1.165, 1.54) is 0 Å². The topological polar surface area (TPSA) is 37.8 Å². The number of fused-ring (bicyclic) bond motifs is 1. The van der Waals surface area contributed by atoms with E-state index in [2.05, 4.69) is 34.0 Å². The molecule has 0 fully saturated rings. The fourth-order valence-electron chi connectivity index (χ4n) is 1.87. The zero-order valence-corrected chi connectivity index (χ0v) is 10.8. The van der Waals surface area contributed by atoms with Crippen molar-refractivity contribution in [3.63, 3.8) is 0 Å². The molecule has 1 aromatic carbocycles. The monoisotopic (exact) mass is 239 g/mol. The van der Waals surface area contributed by atoms with Gasteiger partial charge in [-0.1, -0.05) is 19.1 Å². The van der Waals surface area contributed by atoms with E-state index in [4.69, 9.17) is 0 Å². The highest BCUT2D eigenvalue weighted by molar-refractivity contribution is 5.73. The van der Waals surface area contributed by atoms with Gasteiger partial charge < -0.3 is 5.32 Å². The van der Waals surface area contributed by atoms with Gasteiger partial charge >= 0.3 is 0 Å². The molecule has 0 spiro atoms. The number of hydrogen-bond donors (Lipinski definition) is 1. The van der Waals surface area contributed by atoms with Gasteiger partial charge in [0.1, 0.15) is 0 Å². The van der Waals surface area contributed by atoms with Crippen LogP contribution in [-0.2, 0) is 0 Å². The molecule has 0 saturated carbocycles. The number of para-hydroxylation sites is 2. The zero-order chi connectivity index (χ0) is 12.8. The van der Waals surface area contributed by atoms with Gasteiger partial charge in [-0.05, 0) is 25.6 Å². The van der Waals surface area contributed by atoms with Crippen molar-refractivity contribution in [3.05, 3.63) is 36.2 Å². The molecule has 0 aliphatic carbocycles. The maximum atomic E-state index is 4.65. The summed E-state index contributed by atoms with van der Waals surface area (Å²) < 4.78 is 0. The first-order valence-corrected chi connectivity index (χ1v) is 6.19. The number of nitrogens with zero attached hydrogens (tertiary/aromatic N) is 2. The van der Waals surface area contributed by atoms with Crippen LogP contribution in [0.2, 0.25) is 0 Å². The van der Waals surface area contributed by atoms with Gasteiger partial charge in [-0.3, -0.25) is 4.98 Å². The fourth-order valence-corrected chi connectivity index (χ4v) is 1.87. The molecule has 2 rings (SSSR count). The molecule has 1 unspecified atom stereocenters. The van der Waals surface area contributed by atoms with Crippen LogP contribution in [0.1, 0.15) is 32.0 Å². The summed E-state index contributed by atoms with van der Waals surface area (Å²) in [6.45, 7) is 4.83. The molecule has 0 aliphatic heterocycles. The van der Waals surface area contributed by atoms with Crippen molar-refractivity contribution in [2.24, 2.45) is 0 Å². The SMILES string of the molecule is CC#CCC(NCC)c1cnc2ccccc2n1. The van der Waals surface area contributed by atoms with E-state index >= 15 is 0 Å². The number of rotatable bonds is 4. The third-order valence-electron chi connectivity index (χ3n) is 2.76. The molecule has 18 heavy (non-hydrogen) atoms. The van der Waals surface area contributed by atoms with E-state index in [1.54, 1.807) is 0 Å². The first-order chi connectivity index (χ1) is 8.85. The quantitative estimate of drug-likeness (QED) is 0.834. The second kappa shape index (κ2) is 6.13. The molecule has 1 N–H and O–H groups in total. The molecule has 2 aromatic rings.